The van der Waals surface area contributed by atoms with Crippen molar-refractivity contribution in [2.24, 2.45) is 5.92 Å². The fourth-order valence-electron chi connectivity index (χ4n) is 4.52. The number of rotatable bonds is 4. The van der Waals surface area contributed by atoms with E-state index in [1.807, 2.05) is 71.8 Å². The summed E-state index contributed by atoms with van der Waals surface area (Å²) in [6.45, 7) is 5.66. The zero-order valence-corrected chi connectivity index (χ0v) is 21.8. The van der Waals surface area contributed by atoms with Crippen LogP contribution in [0.3, 0.4) is 0 Å². The maximum absolute atomic E-state index is 13.4. The van der Waals surface area contributed by atoms with Gasteiger partial charge < -0.3 is 4.74 Å². The quantitative estimate of drug-likeness (QED) is 0.398. The van der Waals surface area contributed by atoms with E-state index >= 15 is 0 Å². The van der Waals surface area contributed by atoms with E-state index in [1.165, 1.54) is 12.1 Å². The molecule has 0 aliphatic carbocycles. The summed E-state index contributed by atoms with van der Waals surface area (Å²) in [5.41, 5.74) is 1.16. The van der Waals surface area contributed by atoms with E-state index in [2.05, 4.69) is 22.6 Å². The molecule has 3 amide bonds. The molecule has 0 N–H and O–H groups in total. The van der Waals surface area contributed by atoms with Crippen molar-refractivity contribution >= 4 is 46.6 Å². The largest absolute Gasteiger partial charge is 0.443 e. The highest BCUT2D eigenvalue weighted by atomic mass is 127. The number of hydrogen-bond donors (Lipinski definition) is 0. The predicted octanol–water partition coefficient (Wildman–Crippen LogP) is 4.50. The monoisotopic (exact) mass is 573 g/mol. The van der Waals surface area contributed by atoms with Gasteiger partial charge in [-0.15, -0.1) is 0 Å². The van der Waals surface area contributed by atoms with Crippen molar-refractivity contribution in [3.8, 4) is 0 Å². The Morgan fingerprint density at radius 1 is 1.00 bits per heavy atom. The maximum Gasteiger partial charge on any atom is 0.425 e. The molecular formula is C26H28IN3O4. The van der Waals surface area contributed by atoms with Crippen molar-refractivity contribution in [1.82, 2.24) is 14.9 Å². The van der Waals surface area contributed by atoms with Crippen molar-refractivity contribution in [2.45, 2.75) is 38.5 Å². The van der Waals surface area contributed by atoms with Crippen molar-refractivity contribution in [3.63, 3.8) is 0 Å². The molecule has 3 atom stereocenters. The molecule has 2 aromatic rings. The molecule has 2 aliphatic rings. The van der Waals surface area contributed by atoms with Gasteiger partial charge in [0.15, 0.2) is 0 Å². The number of ether oxygens (including phenoxy) is 1. The number of nitrogens with zero attached hydrogens (tertiary/aromatic N) is 3. The Kier molecular flexibility index (Phi) is 6.82. The van der Waals surface area contributed by atoms with Crippen LogP contribution in [0, 0.1) is 9.49 Å². The number of halogens is 1. The number of fused-ring (bicyclic) bond motifs is 1. The molecule has 0 unspecified atom stereocenters. The predicted molar refractivity (Wildman–Crippen MR) is 137 cm³/mol. The Bertz CT molecular complexity index is 1130. The van der Waals surface area contributed by atoms with Crippen LogP contribution in [0.5, 0.6) is 0 Å². The van der Waals surface area contributed by atoms with E-state index < -0.39 is 35.6 Å². The van der Waals surface area contributed by atoms with Gasteiger partial charge in [0.1, 0.15) is 11.6 Å². The fraction of sp³-hybridized carbons (Fsp3) is 0.346. The minimum Gasteiger partial charge on any atom is -0.443 e. The van der Waals surface area contributed by atoms with Crippen LogP contribution in [0.25, 0.3) is 6.08 Å². The number of carbonyl (C=O) groups excluding carboxylic acids is 3. The second-order valence-corrected chi connectivity index (χ2v) is 10.6. The van der Waals surface area contributed by atoms with Crippen molar-refractivity contribution < 1.29 is 19.1 Å². The lowest BCUT2D eigenvalue weighted by molar-refractivity contribution is -0.143. The molecule has 178 valence electrons. The molecular weight excluding hydrogens is 545 g/mol. The van der Waals surface area contributed by atoms with Crippen LogP contribution < -0.4 is 0 Å². The minimum absolute atomic E-state index is 0.289. The van der Waals surface area contributed by atoms with Crippen molar-refractivity contribution in [1.29, 1.82) is 0 Å². The van der Waals surface area contributed by atoms with Gasteiger partial charge in [0.05, 0.1) is 12.0 Å². The minimum atomic E-state index is -0.946. The summed E-state index contributed by atoms with van der Waals surface area (Å²) >= 11 is 2.24. The molecule has 2 heterocycles. The molecule has 2 aliphatic heterocycles. The van der Waals surface area contributed by atoms with Crippen LogP contribution in [0.1, 0.15) is 37.9 Å². The number of amides is 3. The first kappa shape index (κ1) is 24.4. The lowest BCUT2D eigenvalue weighted by atomic mass is 9.90. The maximum atomic E-state index is 13.4. The van der Waals surface area contributed by atoms with Gasteiger partial charge in [-0.25, -0.2) is 14.8 Å². The third kappa shape index (κ3) is 4.61. The Morgan fingerprint density at radius 2 is 1.65 bits per heavy atom. The topological polar surface area (TPSA) is 70.2 Å². The third-order valence-electron chi connectivity index (χ3n) is 5.95. The molecule has 0 saturated carbocycles. The summed E-state index contributed by atoms with van der Waals surface area (Å²) < 4.78 is 6.66. The summed E-state index contributed by atoms with van der Waals surface area (Å²) in [6, 6.07) is 16.1. The third-order valence-corrected chi connectivity index (χ3v) is 6.93. The summed E-state index contributed by atoms with van der Waals surface area (Å²) in [4.78, 5) is 41.0. The molecule has 0 spiro atoms. The van der Waals surface area contributed by atoms with E-state index in [1.54, 1.807) is 20.8 Å². The van der Waals surface area contributed by atoms with Crippen LogP contribution >= 0.6 is 22.6 Å². The molecule has 7 nitrogen and oxygen atoms in total. The lowest BCUT2D eigenvalue weighted by Gasteiger charge is -2.35. The smallest absolute Gasteiger partial charge is 0.425 e. The van der Waals surface area contributed by atoms with Gasteiger partial charge in [-0.05, 0) is 60.6 Å². The molecule has 2 fully saturated rings. The number of hydrogen-bond acceptors (Lipinski definition) is 5. The first-order valence-electron chi connectivity index (χ1n) is 11.2. The molecule has 2 saturated heterocycles. The SMILES string of the molecule is CN1C(=O)[C@H]2[C@@H](C1=O)N(C(=O)OC(C)(C)C)N(C/C=C\c1ccccc1)[C@H]2c1ccccc1I. The van der Waals surface area contributed by atoms with Crippen LogP contribution in [-0.4, -0.2) is 58.1 Å². The zero-order chi connectivity index (χ0) is 24.6. The molecule has 8 heteroatoms. The number of imide groups is 1. The Hall–Kier alpha value is -2.72. The fourth-order valence-corrected chi connectivity index (χ4v) is 5.23. The molecule has 0 radical (unpaired) electrons. The lowest BCUT2D eigenvalue weighted by Crippen LogP contribution is -2.51. The van der Waals surface area contributed by atoms with Crippen LogP contribution in [0.2, 0.25) is 0 Å². The highest BCUT2D eigenvalue weighted by Gasteiger charge is 2.63. The van der Waals surface area contributed by atoms with Gasteiger partial charge in [0.25, 0.3) is 5.91 Å². The van der Waals surface area contributed by atoms with E-state index in [0.29, 0.717) is 6.54 Å². The second kappa shape index (κ2) is 9.50. The average molecular weight is 573 g/mol. The average Bonchev–Trinajstić information content (AvgIpc) is 3.22. The molecule has 34 heavy (non-hydrogen) atoms. The summed E-state index contributed by atoms with van der Waals surface area (Å²) in [7, 11) is 1.48. The zero-order valence-electron chi connectivity index (χ0n) is 19.6. The molecule has 2 aromatic carbocycles. The number of likely N-dealkylation sites (N-methyl/N-ethyl adjacent to an activating group) is 1. The second-order valence-electron chi connectivity index (χ2n) is 9.43. The normalized spacial score (nSPS) is 23.1. The molecule has 0 bridgehead atoms. The highest BCUT2D eigenvalue weighted by molar-refractivity contribution is 14.1. The van der Waals surface area contributed by atoms with Crippen LogP contribution in [-0.2, 0) is 14.3 Å². The standard InChI is InChI=1S/C26H28IN3O4/c1-26(2,3)34-25(33)30-22-20(23(31)28(4)24(22)32)21(18-14-8-9-15-19(18)27)29(30)16-10-13-17-11-6-5-7-12-17/h5-15,20-22H,16H2,1-4H3/b13-10-/t20-,21+,22+/m1/s1. The van der Waals surface area contributed by atoms with E-state index in [9.17, 15) is 14.4 Å². The van der Waals surface area contributed by atoms with Gasteiger partial charge in [-0.3, -0.25) is 14.5 Å². The highest BCUT2D eigenvalue weighted by Crippen LogP contribution is 2.47. The number of carbonyl (C=O) groups is 3. The number of hydrazine groups is 1. The number of benzene rings is 2. The Labute approximate surface area is 213 Å². The van der Waals surface area contributed by atoms with Gasteiger partial charge in [-0.1, -0.05) is 60.7 Å². The van der Waals surface area contributed by atoms with E-state index in [-0.39, 0.29) is 5.91 Å². The van der Waals surface area contributed by atoms with Gasteiger partial charge >= 0.3 is 6.09 Å². The first-order chi connectivity index (χ1) is 16.1. The van der Waals surface area contributed by atoms with Crippen LogP contribution in [0.4, 0.5) is 4.79 Å². The van der Waals surface area contributed by atoms with Crippen molar-refractivity contribution in [3.05, 3.63) is 75.4 Å². The van der Waals surface area contributed by atoms with Gasteiger partial charge in [0, 0.05) is 17.2 Å². The van der Waals surface area contributed by atoms with E-state index in [0.717, 1.165) is 19.6 Å². The Morgan fingerprint density at radius 3 is 2.29 bits per heavy atom. The van der Waals surface area contributed by atoms with Gasteiger partial charge in [0.2, 0.25) is 5.91 Å². The van der Waals surface area contributed by atoms with E-state index in [4.69, 9.17) is 4.74 Å². The summed E-state index contributed by atoms with van der Waals surface area (Å²) in [5, 5.41) is 3.17. The Balaban J connectivity index is 1.80. The van der Waals surface area contributed by atoms with Gasteiger partial charge in [-0.2, -0.15) is 0 Å². The van der Waals surface area contributed by atoms with Crippen molar-refractivity contribution in [2.75, 3.05) is 13.6 Å². The van der Waals surface area contributed by atoms with Crippen LogP contribution in [0.15, 0.2) is 60.7 Å². The summed E-state index contributed by atoms with van der Waals surface area (Å²) in [5.74, 6) is -1.40. The summed E-state index contributed by atoms with van der Waals surface area (Å²) in [6.07, 6.45) is 3.26. The molecule has 4 rings (SSSR count). The molecule has 0 aromatic heterocycles. The first-order valence-corrected chi connectivity index (χ1v) is 12.2. The number of likely N-dealkylation sites (tertiary alicyclic amines) is 1.